The van der Waals surface area contributed by atoms with Crippen LogP contribution in [-0.4, -0.2) is 44.2 Å². The van der Waals surface area contributed by atoms with Crippen molar-refractivity contribution < 1.29 is 9.32 Å². The number of nitrogens with zero attached hydrogens (tertiary/aromatic N) is 4. The largest absolute Gasteiger partial charge is 0.342 e. The number of hydrogen-bond donors (Lipinski definition) is 1. The monoisotopic (exact) mass is 345 g/mol. The van der Waals surface area contributed by atoms with E-state index in [0.29, 0.717) is 30.5 Å². The maximum atomic E-state index is 12.5. The number of likely N-dealkylation sites (tertiary alicyclic amines) is 1. The first-order chi connectivity index (χ1) is 12.0. The number of aromatic nitrogens is 4. The normalized spacial score (nSPS) is 18.1. The number of aryl methyl sites for hydroxylation is 2. The zero-order valence-corrected chi connectivity index (χ0v) is 15.3. The lowest BCUT2D eigenvalue weighted by atomic mass is 9.92. The highest BCUT2D eigenvalue weighted by molar-refractivity contribution is 5.76. The number of rotatable bonds is 6. The Labute approximate surface area is 148 Å². The van der Waals surface area contributed by atoms with Crippen molar-refractivity contribution in [3.05, 3.63) is 29.2 Å². The number of carbonyl (C=O) groups excluding carboxylic acids is 1. The highest BCUT2D eigenvalue weighted by atomic mass is 16.5. The number of amides is 1. The zero-order chi connectivity index (χ0) is 17.8. The molecule has 0 saturated carbocycles. The molecule has 25 heavy (non-hydrogen) atoms. The summed E-state index contributed by atoms with van der Waals surface area (Å²) < 4.78 is 5.23. The Morgan fingerprint density at radius 2 is 2.32 bits per heavy atom. The summed E-state index contributed by atoms with van der Waals surface area (Å²) in [6.07, 6.45) is 5.97. The molecule has 2 aromatic heterocycles. The maximum Gasteiger partial charge on any atom is 0.227 e. The molecule has 3 rings (SSSR count). The standard InChI is InChI=1S/C18H27N5O2/c1-12(2)18-20-16(25-22-18)6-7-17(24)23-8-4-5-14(11-23)9-15-13(3)10-19-21-15/h10,12,14H,4-9,11H2,1-3H3,(H,19,21)/t14-/m1/s1. The van der Waals surface area contributed by atoms with Gasteiger partial charge in [0.15, 0.2) is 5.82 Å². The highest BCUT2D eigenvalue weighted by Crippen LogP contribution is 2.22. The summed E-state index contributed by atoms with van der Waals surface area (Å²) in [5.41, 5.74) is 2.38. The molecular formula is C18H27N5O2. The molecule has 136 valence electrons. The maximum absolute atomic E-state index is 12.5. The van der Waals surface area contributed by atoms with Crippen molar-refractivity contribution in [3.8, 4) is 0 Å². The lowest BCUT2D eigenvalue weighted by Gasteiger charge is -2.32. The van der Waals surface area contributed by atoms with Crippen LogP contribution < -0.4 is 0 Å². The van der Waals surface area contributed by atoms with Crippen LogP contribution in [0.3, 0.4) is 0 Å². The van der Waals surface area contributed by atoms with Crippen molar-refractivity contribution in [3.63, 3.8) is 0 Å². The molecule has 7 heteroatoms. The van der Waals surface area contributed by atoms with E-state index in [2.05, 4.69) is 27.3 Å². The summed E-state index contributed by atoms with van der Waals surface area (Å²) in [5, 5.41) is 11.1. The number of piperidine rings is 1. The van der Waals surface area contributed by atoms with Gasteiger partial charge in [0.2, 0.25) is 11.8 Å². The molecule has 0 aromatic carbocycles. The Balaban J connectivity index is 1.50. The molecule has 1 aliphatic heterocycles. The third-order valence-electron chi connectivity index (χ3n) is 4.85. The summed E-state index contributed by atoms with van der Waals surface area (Å²) in [5.74, 6) is 2.17. The Morgan fingerprint density at radius 3 is 3.00 bits per heavy atom. The number of carbonyl (C=O) groups is 1. The van der Waals surface area contributed by atoms with Gasteiger partial charge in [0, 0.05) is 37.5 Å². The van der Waals surface area contributed by atoms with E-state index in [0.717, 1.165) is 32.4 Å². The quantitative estimate of drug-likeness (QED) is 0.869. The van der Waals surface area contributed by atoms with E-state index < -0.39 is 0 Å². The van der Waals surface area contributed by atoms with E-state index in [1.165, 1.54) is 11.3 Å². The van der Waals surface area contributed by atoms with Crippen LogP contribution >= 0.6 is 0 Å². The van der Waals surface area contributed by atoms with Crippen molar-refractivity contribution in [2.45, 2.75) is 58.8 Å². The third-order valence-corrected chi connectivity index (χ3v) is 4.85. The Morgan fingerprint density at radius 1 is 1.48 bits per heavy atom. The molecule has 0 aliphatic carbocycles. The smallest absolute Gasteiger partial charge is 0.227 e. The fraction of sp³-hybridized carbons (Fsp3) is 0.667. The zero-order valence-electron chi connectivity index (χ0n) is 15.3. The molecule has 0 bridgehead atoms. The lowest BCUT2D eigenvalue weighted by molar-refractivity contribution is -0.133. The van der Waals surface area contributed by atoms with Gasteiger partial charge in [-0.1, -0.05) is 19.0 Å². The molecule has 3 heterocycles. The lowest BCUT2D eigenvalue weighted by Crippen LogP contribution is -2.40. The predicted molar refractivity (Wildman–Crippen MR) is 93.0 cm³/mol. The van der Waals surface area contributed by atoms with Crippen LogP contribution in [0.25, 0.3) is 0 Å². The molecule has 0 radical (unpaired) electrons. The second-order valence-electron chi connectivity index (χ2n) is 7.28. The second kappa shape index (κ2) is 7.80. The van der Waals surface area contributed by atoms with Crippen molar-refractivity contribution in [1.29, 1.82) is 0 Å². The summed E-state index contributed by atoms with van der Waals surface area (Å²) in [6.45, 7) is 7.78. The van der Waals surface area contributed by atoms with E-state index in [1.807, 2.05) is 24.9 Å². The average molecular weight is 345 g/mol. The number of hydrogen-bond acceptors (Lipinski definition) is 5. The highest BCUT2D eigenvalue weighted by Gasteiger charge is 2.25. The fourth-order valence-corrected chi connectivity index (χ4v) is 3.30. The van der Waals surface area contributed by atoms with E-state index in [9.17, 15) is 4.79 Å². The van der Waals surface area contributed by atoms with E-state index in [4.69, 9.17) is 4.52 Å². The first-order valence-electron chi connectivity index (χ1n) is 9.12. The van der Waals surface area contributed by atoms with Crippen LogP contribution in [0.5, 0.6) is 0 Å². The molecule has 1 aliphatic rings. The molecule has 1 saturated heterocycles. The Bertz CT molecular complexity index is 706. The number of aromatic amines is 1. The molecule has 7 nitrogen and oxygen atoms in total. The average Bonchev–Trinajstić information content (AvgIpc) is 3.23. The van der Waals surface area contributed by atoms with Crippen LogP contribution in [0.4, 0.5) is 0 Å². The first-order valence-corrected chi connectivity index (χ1v) is 9.12. The van der Waals surface area contributed by atoms with Crippen LogP contribution in [-0.2, 0) is 17.6 Å². The van der Waals surface area contributed by atoms with Gasteiger partial charge in [-0.3, -0.25) is 9.89 Å². The van der Waals surface area contributed by atoms with Gasteiger partial charge in [-0.05, 0) is 37.7 Å². The predicted octanol–water partition coefficient (Wildman–Crippen LogP) is 2.64. The molecular weight excluding hydrogens is 318 g/mol. The molecule has 1 N–H and O–H groups in total. The van der Waals surface area contributed by atoms with Crippen LogP contribution in [0.2, 0.25) is 0 Å². The van der Waals surface area contributed by atoms with Crippen LogP contribution in [0, 0.1) is 12.8 Å². The number of nitrogens with one attached hydrogen (secondary N) is 1. The van der Waals surface area contributed by atoms with Gasteiger partial charge in [-0.15, -0.1) is 0 Å². The van der Waals surface area contributed by atoms with Crippen molar-refractivity contribution >= 4 is 5.91 Å². The Kier molecular flexibility index (Phi) is 5.50. The van der Waals surface area contributed by atoms with Gasteiger partial charge in [0.1, 0.15) is 0 Å². The molecule has 2 aromatic rings. The van der Waals surface area contributed by atoms with Gasteiger partial charge in [0.25, 0.3) is 0 Å². The van der Waals surface area contributed by atoms with Gasteiger partial charge < -0.3 is 9.42 Å². The van der Waals surface area contributed by atoms with Crippen LogP contribution in [0.15, 0.2) is 10.7 Å². The summed E-state index contributed by atoms with van der Waals surface area (Å²) in [6, 6.07) is 0. The minimum absolute atomic E-state index is 0.176. The molecule has 1 fully saturated rings. The fourth-order valence-electron chi connectivity index (χ4n) is 3.30. The Hall–Kier alpha value is -2.18. The molecule has 0 unspecified atom stereocenters. The molecule has 1 amide bonds. The summed E-state index contributed by atoms with van der Waals surface area (Å²) in [7, 11) is 0. The van der Waals surface area contributed by atoms with Crippen LogP contribution in [0.1, 0.15) is 62.0 Å². The van der Waals surface area contributed by atoms with Crippen molar-refractivity contribution in [1.82, 2.24) is 25.2 Å². The topological polar surface area (TPSA) is 87.9 Å². The van der Waals surface area contributed by atoms with Crippen molar-refractivity contribution in [2.24, 2.45) is 5.92 Å². The van der Waals surface area contributed by atoms with Crippen molar-refractivity contribution in [2.75, 3.05) is 13.1 Å². The summed E-state index contributed by atoms with van der Waals surface area (Å²) >= 11 is 0. The second-order valence-corrected chi connectivity index (χ2v) is 7.28. The van der Waals surface area contributed by atoms with E-state index >= 15 is 0 Å². The SMILES string of the molecule is Cc1cn[nH]c1C[C@H]1CCCN(C(=O)CCc2nc(C(C)C)no2)C1. The summed E-state index contributed by atoms with van der Waals surface area (Å²) in [4.78, 5) is 18.9. The van der Waals surface area contributed by atoms with Gasteiger partial charge in [0.05, 0.1) is 6.20 Å². The number of H-pyrrole nitrogens is 1. The van der Waals surface area contributed by atoms with E-state index in [-0.39, 0.29) is 11.8 Å². The third kappa shape index (κ3) is 4.46. The molecule has 1 atom stereocenters. The van der Waals surface area contributed by atoms with E-state index in [1.54, 1.807) is 0 Å². The van der Waals surface area contributed by atoms with Gasteiger partial charge in [-0.2, -0.15) is 10.1 Å². The molecule has 0 spiro atoms. The first kappa shape index (κ1) is 17.6. The van der Waals surface area contributed by atoms with Gasteiger partial charge >= 0.3 is 0 Å². The minimum Gasteiger partial charge on any atom is -0.342 e. The van der Waals surface area contributed by atoms with Gasteiger partial charge in [-0.25, -0.2) is 0 Å². The minimum atomic E-state index is 0.176.